The molecule has 0 N–H and O–H groups in total. The first kappa shape index (κ1) is 18.2. The molecule has 24 heavy (non-hydrogen) atoms. The van der Waals surface area contributed by atoms with Gasteiger partial charge in [-0.2, -0.15) is 22.0 Å². The number of aromatic nitrogens is 1. The van der Waals surface area contributed by atoms with Gasteiger partial charge in [-0.15, -0.1) is 0 Å². The summed E-state index contributed by atoms with van der Waals surface area (Å²) in [5.41, 5.74) is 1.28. The van der Waals surface area contributed by atoms with E-state index in [0.717, 1.165) is 12.1 Å². The average molecular weight is 363 g/mol. The van der Waals surface area contributed by atoms with Crippen molar-refractivity contribution in [3.63, 3.8) is 0 Å². The summed E-state index contributed by atoms with van der Waals surface area (Å²) in [7, 11) is 0. The minimum absolute atomic E-state index is 0.320. The third-order valence-corrected chi connectivity index (χ3v) is 3.18. The van der Waals surface area contributed by atoms with Crippen LogP contribution in [0, 0.1) is 6.07 Å². The number of rotatable bonds is 5. The minimum atomic E-state index is -5.77. The Labute approximate surface area is 139 Å². The molecule has 2 rings (SSSR count). The van der Waals surface area contributed by atoms with Crippen molar-refractivity contribution in [1.82, 2.24) is 4.98 Å². The molecule has 1 aromatic heterocycles. The standard InChI is InChI=1S/C16H10ClF5NO/c17-14-12(5-2-10-23-14)4-1-3-11-6-8-13(9-7-11)24-16(21,22)15(18,19)20/h1-3,6-10H,4H2. The van der Waals surface area contributed by atoms with Crippen LogP contribution in [0.3, 0.4) is 0 Å². The number of nitrogens with zero attached hydrogens (tertiary/aromatic N) is 1. The van der Waals surface area contributed by atoms with Crippen LogP contribution in [0.1, 0.15) is 11.1 Å². The molecular weight excluding hydrogens is 353 g/mol. The average Bonchev–Trinajstić information content (AvgIpc) is 2.49. The van der Waals surface area contributed by atoms with Crippen LogP contribution in [-0.2, 0) is 6.42 Å². The number of benzene rings is 1. The van der Waals surface area contributed by atoms with Crippen molar-refractivity contribution in [2.24, 2.45) is 0 Å². The van der Waals surface area contributed by atoms with Crippen LogP contribution in [0.4, 0.5) is 22.0 Å². The molecule has 8 heteroatoms. The lowest BCUT2D eigenvalue weighted by Gasteiger charge is -2.20. The van der Waals surface area contributed by atoms with Gasteiger partial charge < -0.3 is 4.74 Å². The van der Waals surface area contributed by atoms with Crippen LogP contribution in [0.2, 0.25) is 5.15 Å². The molecule has 0 amide bonds. The van der Waals surface area contributed by atoms with Crippen molar-refractivity contribution < 1.29 is 26.7 Å². The highest BCUT2D eigenvalue weighted by molar-refractivity contribution is 6.30. The van der Waals surface area contributed by atoms with Gasteiger partial charge >= 0.3 is 12.3 Å². The topological polar surface area (TPSA) is 22.1 Å². The molecule has 0 bridgehead atoms. The molecule has 0 saturated heterocycles. The lowest BCUT2D eigenvalue weighted by molar-refractivity contribution is -0.360. The Morgan fingerprint density at radius 3 is 2.38 bits per heavy atom. The molecule has 0 atom stereocenters. The van der Waals surface area contributed by atoms with E-state index in [1.807, 2.05) is 0 Å². The zero-order valence-electron chi connectivity index (χ0n) is 11.9. The molecule has 1 heterocycles. The van der Waals surface area contributed by atoms with E-state index in [-0.39, 0.29) is 0 Å². The third-order valence-electron chi connectivity index (χ3n) is 2.86. The van der Waals surface area contributed by atoms with Crippen LogP contribution in [0.5, 0.6) is 5.75 Å². The number of halogens is 6. The van der Waals surface area contributed by atoms with Gasteiger partial charge in [0.25, 0.3) is 0 Å². The summed E-state index contributed by atoms with van der Waals surface area (Å²) in [6, 6.07) is 9.30. The summed E-state index contributed by atoms with van der Waals surface area (Å²) in [4.78, 5) is 3.89. The highest BCUT2D eigenvalue weighted by atomic mass is 35.5. The first-order valence-corrected chi connectivity index (χ1v) is 6.98. The molecule has 0 unspecified atom stereocenters. The molecule has 0 aliphatic rings. The summed E-state index contributed by atoms with van der Waals surface area (Å²) in [6.07, 6.45) is -5.67. The second-order valence-electron chi connectivity index (χ2n) is 4.65. The molecule has 0 fully saturated rings. The molecule has 1 radical (unpaired) electrons. The maximum atomic E-state index is 12.8. The normalized spacial score (nSPS) is 12.6. The number of allylic oxidation sites excluding steroid dienone is 1. The number of ether oxygens (including phenoxy) is 1. The SMILES string of the molecule is FC(F)(F)C(F)(F)Oc1ccc(C=CCc2[c]ccnc2Cl)cc1. The lowest BCUT2D eigenvalue weighted by Crippen LogP contribution is -2.41. The fourth-order valence-electron chi connectivity index (χ4n) is 1.69. The monoisotopic (exact) mass is 362 g/mol. The molecule has 2 nitrogen and oxygen atoms in total. The van der Waals surface area contributed by atoms with E-state index in [4.69, 9.17) is 11.6 Å². The number of hydrogen-bond donors (Lipinski definition) is 0. The molecule has 2 aromatic rings. The molecule has 0 aliphatic carbocycles. The summed E-state index contributed by atoms with van der Waals surface area (Å²) >= 11 is 5.87. The van der Waals surface area contributed by atoms with E-state index in [2.05, 4.69) is 15.8 Å². The number of pyridine rings is 1. The minimum Gasteiger partial charge on any atom is -0.426 e. The molecule has 127 valence electrons. The van der Waals surface area contributed by atoms with Crippen LogP contribution in [0.25, 0.3) is 6.08 Å². The van der Waals surface area contributed by atoms with Crippen molar-refractivity contribution in [3.05, 3.63) is 65.0 Å². The van der Waals surface area contributed by atoms with E-state index in [9.17, 15) is 22.0 Å². The predicted octanol–water partition coefficient (Wildman–Crippen LogP) is 5.32. The van der Waals surface area contributed by atoms with Crippen LogP contribution in [-0.4, -0.2) is 17.3 Å². The van der Waals surface area contributed by atoms with E-state index in [0.29, 0.717) is 22.7 Å². The summed E-state index contributed by atoms with van der Waals surface area (Å²) in [5.74, 6) is -0.585. The van der Waals surface area contributed by atoms with Gasteiger partial charge in [-0.3, -0.25) is 0 Å². The van der Waals surface area contributed by atoms with Crippen molar-refractivity contribution >= 4 is 17.7 Å². The molecule has 0 saturated carbocycles. The van der Waals surface area contributed by atoms with Gasteiger partial charge in [0.1, 0.15) is 10.9 Å². The van der Waals surface area contributed by atoms with Gasteiger partial charge in [0.05, 0.1) is 0 Å². The summed E-state index contributed by atoms with van der Waals surface area (Å²) in [5, 5.41) is 0.320. The van der Waals surface area contributed by atoms with Crippen LogP contribution in [0.15, 0.2) is 42.6 Å². The number of hydrogen-bond acceptors (Lipinski definition) is 2. The summed E-state index contributed by atoms with van der Waals surface area (Å²) in [6.45, 7) is 0. The van der Waals surface area contributed by atoms with Crippen molar-refractivity contribution in [2.45, 2.75) is 18.7 Å². The zero-order chi connectivity index (χ0) is 17.8. The van der Waals surface area contributed by atoms with Gasteiger partial charge in [-0.05, 0) is 36.2 Å². The van der Waals surface area contributed by atoms with E-state index < -0.39 is 18.0 Å². The van der Waals surface area contributed by atoms with Gasteiger partial charge in [0, 0.05) is 11.8 Å². The fraction of sp³-hybridized carbons (Fsp3) is 0.188. The Morgan fingerprint density at radius 1 is 1.12 bits per heavy atom. The summed E-state index contributed by atoms with van der Waals surface area (Å²) < 4.78 is 65.4. The third kappa shape index (κ3) is 4.67. The van der Waals surface area contributed by atoms with Crippen LogP contribution < -0.4 is 4.74 Å². The molecule has 0 spiro atoms. The van der Waals surface area contributed by atoms with Crippen LogP contribution >= 0.6 is 11.6 Å². The Morgan fingerprint density at radius 2 is 1.79 bits per heavy atom. The van der Waals surface area contributed by atoms with Crippen molar-refractivity contribution in [2.75, 3.05) is 0 Å². The van der Waals surface area contributed by atoms with E-state index in [1.54, 1.807) is 18.2 Å². The smallest absolute Gasteiger partial charge is 0.426 e. The Bertz CT molecular complexity index is 713. The maximum Gasteiger partial charge on any atom is 0.499 e. The fourth-order valence-corrected chi connectivity index (χ4v) is 1.87. The van der Waals surface area contributed by atoms with Crippen molar-refractivity contribution in [3.8, 4) is 5.75 Å². The highest BCUT2D eigenvalue weighted by Crippen LogP contribution is 2.37. The Balaban J connectivity index is 2.00. The largest absolute Gasteiger partial charge is 0.499 e. The van der Waals surface area contributed by atoms with Gasteiger partial charge in [-0.25, -0.2) is 4.98 Å². The molecule has 1 aromatic carbocycles. The highest BCUT2D eigenvalue weighted by Gasteiger charge is 2.61. The quantitative estimate of drug-likeness (QED) is 0.530. The van der Waals surface area contributed by atoms with Crippen molar-refractivity contribution in [1.29, 1.82) is 0 Å². The maximum absolute atomic E-state index is 12.8. The lowest BCUT2D eigenvalue weighted by atomic mass is 10.1. The first-order chi connectivity index (χ1) is 11.2. The predicted molar refractivity (Wildman–Crippen MR) is 78.9 cm³/mol. The van der Waals surface area contributed by atoms with E-state index >= 15 is 0 Å². The van der Waals surface area contributed by atoms with Gasteiger partial charge in [-0.1, -0.05) is 35.9 Å². The van der Waals surface area contributed by atoms with Gasteiger partial charge in [0.15, 0.2) is 0 Å². The molecular formula is C16H10ClF5NO. The Hall–Kier alpha value is -2.15. The second kappa shape index (κ2) is 7.17. The molecule has 0 aliphatic heterocycles. The zero-order valence-corrected chi connectivity index (χ0v) is 12.7. The number of alkyl halides is 5. The first-order valence-electron chi connectivity index (χ1n) is 6.60. The van der Waals surface area contributed by atoms with E-state index in [1.165, 1.54) is 18.3 Å². The Kier molecular flexibility index (Phi) is 5.43. The van der Waals surface area contributed by atoms with Gasteiger partial charge in [0.2, 0.25) is 0 Å². The second-order valence-corrected chi connectivity index (χ2v) is 5.01.